The minimum Gasteiger partial charge on any atom is -0.342 e. The molecule has 17 heavy (non-hydrogen) atoms. The van der Waals surface area contributed by atoms with E-state index < -0.39 is 0 Å². The highest BCUT2D eigenvalue weighted by atomic mass is 16.2. The highest BCUT2D eigenvalue weighted by Gasteiger charge is 2.32. The lowest BCUT2D eigenvalue weighted by atomic mass is 9.75. The van der Waals surface area contributed by atoms with Gasteiger partial charge in [-0.1, -0.05) is 26.2 Å². The van der Waals surface area contributed by atoms with Gasteiger partial charge in [0.05, 0.1) is 0 Å². The van der Waals surface area contributed by atoms with Gasteiger partial charge >= 0.3 is 0 Å². The summed E-state index contributed by atoms with van der Waals surface area (Å²) in [5, 5.41) is 3.23. The molecule has 1 saturated heterocycles. The van der Waals surface area contributed by atoms with E-state index in [0.29, 0.717) is 12.3 Å². The van der Waals surface area contributed by atoms with Gasteiger partial charge in [0.2, 0.25) is 5.91 Å². The number of hydrogen-bond donors (Lipinski definition) is 1. The Kier molecular flexibility index (Phi) is 4.84. The van der Waals surface area contributed by atoms with E-state index in [1.54, 1.807) is 0 Å². The summed E-state index contributed by atoms with van der Waals surface area (Å²) >= 11 is 0. The van der Waals surface area contributed by atoms with Crippen molar-refractivity contribution in [1.29, 1.82) is 0 Å². The maximum Gasteiger partial charge on any atom is 0.223 e. The topological polar surface area (TPSA) is 32.3 Å². The van der Waals surface area contributed by atoms with Crippen LogP contribution in [0.2, 0.25) is 0 Å². The maximum absolute atomic E-state index is 12.0. The second-order valence-electron chi connectivity index (χ2n) is 5.54. The van der Waals surface area contributed by atoms with Gasteiger partial charge < -0.3 is 10.2 Å². The summed E-state index contributed by atoms with van der Waals surface area (Å²) < 4.78 is 0. The second kappa shape index (κ2) is 6.39. The Morgan fingerprint density at radius 2 is 2.00 bits per heavy atom. The summed E-state index contributed by atoms with van der Waals surface area (Å²) in [5.41, 5.74) is 0. The number of nitrogens with one attached hydrogen (secondary N) is 1. The van der Waals surface area contributed by atoms with Crippen LogP contribution in [0.15, 0.2) is 0 Å². The van der Waals surface area contributed by atoms with Crippen molar-refractivity contribution >= 4 is 5.91 Å². The van der Waals surface area contributed by atoms with Gasteiger partial charge in [0.25, 0.3) is 0 Å². The normalized spacial score (nSPS) is 28.9. The first-order valence-electron chi connectivity index (χ1n) is 7.29. The van der Waals surface area contributed by atoms with Crippen LogP contribution in [-0.2, 0) is 4.79 Å². The fourth-order valence-corrected chi connectivity index (χ4v) is 3.36. The summed E-state index contributed by atoms with van der Waals surface area (Å²) in [7, 11) is 0. The molecule has 98 valence electrons. The van der Waals surface area contributed by atoms with Crippen molar-refractivity contribution in [3.05, 3.63) is 0 Å². The van der Waals surface area contributed by atoms with E-state index in [9.17, 15) is 4.79 Å². The minimum atomic E-state index is 0.356. The molecule has 0 bridgehead atoms. The fourth-order valence-electron chi connectivity index (χ4n) is 3.36. The molecule has 2 unspecified atom stereocenters. The largest absolute Gasteiger partial charge is 0.342 e. The molecule has 1 saturated carbocycles. The Balaban J connectivity index is 1.76. The van der Waals surface area contributed by atoms with E-state index in [4.69, 9.17) is 0 Å². The molecule has 1 aliphatic heterocycles. The van der Waals surface area contributed by atoms with Crippen molar-refractivity contribution in [3.8, 4) is 0 Å². The predicted octanol–water partition coefficient (Wildman–Crippen LogP) is 2.02. The SMILES string of the molecule is CCNCCC(=O)N1CCC2CCCCC2C1. The summed E-state index contributed by atoms with van der Waals surface area (Å²) in [4.78, 5) is 14.1. The van der Waals surface area contributed by atoms with Crippen LogP contribution >= 0.6 is 0 Å². The summed E-state index contributed by atoms with van der Waals surface area (Å²) in [6, 6.07) is 0. The third-order valence-electron chi connectivity index (χ3n) is 4.41. The number of fused-ring (bicyclic) bond motifs is 1. The standard InChI is InChI=1S/C14H26N2O/c1-2-15-9-7-14(17)16-10-8-12-5-3-4-6-13(12)11-16/h12-13,15H,2-11H2,1H3. The van der Waals surface area contributed by atoms with Crippen LogP contribution in [0.3, 0.4) is 0 Å². The fraction of sp³-hybridized carbons (Fsp3) is 0.929. The van der Waals surface area contributed by atoms with Crippen LogP contribution in [0.1, 0.15) is 45.4 Å². The number of piperidine rings is 1. The van der Waals surface area contributed by atoms with Crippen LogP contribution in [0, 0.1) is 11.8 Å². The quantitative estimate of drug-likeness (QED) is 0.760. The molecule has 0 spiro atoms. The second-order valence-corrected chi connectivity index (χ2v) is 5.54. The van der Waals surface area contributed by atoms with Crippen molar-refractivity contribution in [3.63, 3.8) is 0 Å². The molecule has 2 aliphatic rings. The maximum atomic E-state index is 12.0. The zero-order valence-electron chi connectivity index (χ0n) is 11.1. The summed E-state index contributed by atoms with van der Waals surface area (Å²) in [5.74, 6) is 2.08. The third kappa shape index (κ3) is 3.44. The number of carbonyl (C=O) groups is 1. The average Bonchev–Trinajstić information content (AvgIpc) is 2.38. The van der Waals surface area contributed by atoms with E-state index in [2.05, 4.69) is 17.1 Å². The molecular formula is C14H26N2O. The first-order chi connectivity index (χ1) is 8.31. The molecule has 3 nitrogen and oxygen atoms in total. The molecule has 0 aromatic heterocycles. The number of nitrogens with zero attached hydrogens (tertiary/aromatic N) is 1. The van der Waals surface area contributed by atoms with Crippen molar-refractivity contribution in [2.24, 2.45) is 11.8 Å². The number of carbonyl (C=O) groups excluding carboxylic acids is 1. The molecule has 1 amide bonds. The van der Waals surface area contributed by atoms with Gasteiger partial charge in [0, 0.05) is 26.1 Å². The van der Waals surface area contributed by atoms with Crippen LogP contribution in [0.5, 0.6) is 0 Å². The number of likely N-dealkylation sites (tertiary alicyclic amines) is 1. The first-order valence-corrected chi connectivity index (χ1v) is 7.29. The molecule has 2 atom stereocenters. The molecule has 2 rings (SSSR count). The van der Waals surface area contributed by atoms with Gasteiger partial charge in [-0.25, -0.2) is 0 Å². The smallest absolute Gasteiger partial charge is 0.223 e. The van der Waals surface area contributed by atoms with E-state index in [0.717, 1.165) is 38.0 Å². The van der Waals surface area contributed by atoms with Gasteiger partial charge in [-0.05, 0) is 31.2 Å². The van der Waals surface area contributed by atoms with Gasteiger partial charge in [0.1, 0.15) is 0 Å². The zero-order valence-corrected chi connectivity index (χ0v) is 11.1. The molecular weight excluding hydrogens is 212 g/mol. The van der Waals surface area contributed by atoms with Gasteiger partial charge in [-0.3, -0.25) is 4.79 Å². The molecule has 1 N–H and O–H groups in total. The summed E-state index contributed by atoms with van der Waals surface area (Å²) in [6.45, 7) is 5.91. The molecule has 0 aromatic carbocycles. The Hall–Kier alpha value is -0.570. The van der Waals surface area contributed by atoms with Gasteiger partial charge in [0.15, 0.2) is 0 Å². The van der Waals surface area contributed by atoms with E-state index in [1.807, 2.05) is 0 Å². The van der Waals surface area contributed by atoms with Gasteiger partial charge in [-0.15, -0.1) is 0 Å². The predicted molar refractivity (Wildman–Crippen MR) is 69.8 cm³/mol. The van der Waals surface area contributed by atoms with Crippen molar-refractivity contribution in [2.75, 3.05) is 26.2 Å². The summed E-state index contributed by atoms with van der Waals surface area (Å²) in [6.07, 6.45) is 7.46. The monoisotopic (exact) mass is 238 g/mol. The number of hydrogen-bond acceptors (Lipinski definition) is 2. The van der Waals surface area contributed by atoms with Crippen LogP contribution in [0.25, 0.3) is 0 Å². The van der Waals surface area contributed by atoms with E-state index in [1.165, 1.54) is 32.1 Å². The lowest BCUT2D eigenvalue weighted by molar-refractivity contribution is -0.134. The zero-order chi connectivity index (χ0) is 12.1. The average molecular weight is 238 g/mol. The molecule has 1 heterocycles. The van der Waals surface area contributed by atoms with Crippen LogP contribution in [0.4, 0.5) is 0 Å². The van der Waals surface area contributed by atoms with Crippen molar-refractivity contribution in [1.82, 2.24) is 10.2 Å². The molecule has 1 aliphatic carbocycles. The molecule has 0 aromatic rings. The molecule has 3 heteroatoms. The minimum absolute atomic E-state index is 0.356. The molecule has 2 fully saturated rings. The molecule has 0 radical (unpaired) electrons. The number of rotatable bonds is 4. The highest BCUT2D eigenvalue weighted by molar-refractivity contribution is 5.76. The number of amides is 1. The Morgan fingerprint density at radius 1 is 1.24 bits per heavy atom. The Labute approximate surface area is 105 Å². The van der Waals surface area contributed by atoms with E-state index in [-0.39, 0.29) is 0 Å². The van der Waals surface area contributed by atoms with Crippen molar-refractivity contribution in [2.45, 2.75) is 45.4 Å². The highest BCUT2D eigenvalue weighted by Crippen LogP contribution is 2.36. The lowest BCUT2D eigenvalue weighted by Crippen LogP contribution is -2.45. The Morgan fingerprint density at radius 3 is 2.76 bits per heavy atom. The van der Waals surface area contributed by atoms with E-state index >= 15 is 0 Å². The van der Waals surface area contributed by atoms with Crippen LogP contribution in [-0.4, -0.2) is 37.0 Å². The van der Waals surface area contributed by atoms with Gasteiger partial charge in [-0.2, -0.15) is 0 Å². The third-order valence-corrected chi connectivity index (χ3v) is 4.41. The lowest BCUT2D eigenvalue weighted by Gasteiger charge is -2.41. The van der Waals surface area contributed by atoms with Crippen molar-refractivity contribution < 1.29 is 4.79 Å². The first kappa shape index (κ1) is 12.9. The Bertz CT molecular complexity index is 255. The van der Waals surface area contributed by atoms with Crippen LogP contribution < -0.4 is 5.32 Å².